The molecular weight excluding hydrogens is 304 g/mol. The highest BCUT2D eigenvalue weighted by Gasteiger charge is 2.19. The minimum Gasteiger partial charge on any atom is -0.236 e. The van der Waals surface area contributed by atoms with Gasteiger partial charge < -0.3 is 0 Å². The van der Waals surface area contributed by atoms with E-state index < -0.39 is 0 Å². The van der Waals surface area contributed by atoms with Crippen LogP contribution in [0.1, 0.15) is 46.7 Å². The van der Waals surface area contributed by atoms with E-state index in [-0.39, 0.29) is 0 Å². The fourth-order valence-corrected chi connectivity index (χ4v) is 4.09. The Labute approximate surface area is 153 Å². The van der Waals surface area contributed by atoms with E-state index in [4.69, 9.17) is 0 Å². The Balaban J connectivity index is 2.54. The van der Waals surface area contributed by atoms with Gasteiger partial charge >= 0.3 is 0 Å². The first-order valence-electron chi connectivity index (χ1n) is 9.24. The molecule has 0 aromatic heterocycles. The number of benzene rings is 2. The molecular formula is C23H33N2+. The molecule has 0 atom stereocenters. The molecule has 134 valence electrons. The maximum absolute atomic E-state index is 2.41. The Morgan fingerprint density at radius 2 is 1.24 bits per heavy atom. The van der Waals surface area contributed by atoms with Crippen molar-refractivity contribution in [1.29, 1.82) is 0 Å². The standard InChI is InChI=1S/C23H33N2/c1-9-10-25(23-20(6)13-17(3)14-21(23)7)15-24(8)22-18(4)11-16(2)12-19(22)5/h11-15H,9-10H2,1-8H3/q+1. The van der Waals surface area contributed by atoms with Crippen LogP contribution >= 0.6 is 0 Å². The van der Waals surface area contributed by atoms with Crippen molar-refractivity contribution in [2.75, 3.05) is 18.5 Å². The molecule has 2 aromatic carbocycles. The highest BCUT2D eigenvalue weighted by Crippen LogP contribution is 2.27. The van der Waals surface area contributed by atoms with E-state index in [2.05, 4.69) is 95.6 Å². The predicted molar refractivity (Wildman–Crippen MR) is 111 cm³/mol. The molecule has 0 unspecified atom stereocenters. The van der Waals surface area contributed by atoms with E-state index in [1.165, 1.54) is 44.8 Å². The molecule has 2 rings (SSSR count). The summed E-state index contributed by atoms with van der Waals surface area (Å²) in [5.74, 6) is 0. The van der Waals surface area contributed by atoms with Crippen molar-refractivity contribution in [3.8, 4) is 0 Å². The van der Waals surface area contributed by atoms with Crippen LogP contribution < -0.4 is 4.90 Å². The minimum absolute atomic E-state index is 1.01. The van der Waals surface area contributed by atoms with Gasteiger partial charge in [-0.25, -0.2) is 9.48 Å². The lowest BCUT2D eigenvalue weighted by molar-refractivity contribution is -0.401. The van der Waals surface area contributed by atoms with Gasteiger partial charge in [0.15, 0.2) is 0 Å². The maximum atomic E-state index is 2.41. The Morgan fingerprint density at radius 1 is 0.800 bits per heavy atom. The summed E-state index contributed by atoms with van der Waals surface area (Å²) in [4.78, 5) is 2.41. The van der Waals surface area contributed by atoms with Gasteiger partial charge in [-0.05, 0) is 70.2 Å². The first-order valence-corrected chi connectivity index (χ1v) is 9.24. The minimum atomic E-state index is 1.01. The van der Waals surface area contributed by atoms with Gasteiger partial charge in [-0.3, -0.25) is 0 Å². The van der Waals surface area contributed by atoms with E-state index >= 15 is 0 Å². The van der Waals surface area contributed by atoms with E-state index in [0.29, 0.717) is 0 Å². The summed E-state index contributed by atoms with van der Waals surface area (Å²) in [6, 6.07) is 9.08. The molecule has 0 aliphatic carbocycles. The van der Waals surface area contributed by atoms with Gasteiger partial charge in [0.1, 0.15) is 11.4 Å². The number of aryl methyl sites for hydroxylation is 6. The van der Waals surface area contributed by atoms with Gasteiger partial charge in [-0.2, -0.15) is 0 Å². The lowest BCUT2D eigenvalue weighted by Crippen LogP contribution is -2.28. The van der Waals surface area contributed by atoms with Gasteiger partial charge in [0.2, 0.25) is 6.34 Å². The zero-order chi connectivity index (χ0) is 18.7. The zero-order valence-corrected chi connectivity index (χ0v) is 17.2. The third-order valence-corrected chi connectivity index (χ3v) is 4.69. The predicted octanol–water partition coefficient (Wildman–Crippen LogP) is 5.76. The van der Waals surface area contributed by atoms with Crippen molar-refractivity contribution in [3.05, 3.63) is 57.6 Å². The van der Waals surface area contributed by atoms with Crippen molar-refractivity contribution < 1.29 is 4.58 Å². The highest BCUT2D eigenvalue weighted by molar-refractivity contribution is 5.80. The molecule has 0 aliphatic heterocycles. The molecule has 0 spiro atoms. The summed E-state index contributed by atoms with van der Waals surface area (Å²) in [6.45, 7) is 16.4. The molecule has 0 saturated heterocycles. The summed E-state index contributed by atoms with van der Waals surface area (Å²) in [5.41, 5.74) is 10.6. The number of hydrogen-bond acceptors (Lipinski definition) is 0. The lowest BCUT2D eigenvalue weighted by Gasteiger charge is -2.19. The number of nitrogens with zero attached hydrogens (tertiary/aromatic N) is 2. The third kappa shape index (κ3) is 4.31. The van der Waals surface area contributed by atoms with Crippen LogP contribution in [-0.4, -0.2) is 24.5 Å². The average molecular weight is 338 g/mol. The molecule has 0 amide bonds. The molecule has 0 N–H and O–H groups in total. The zero-order valence-electron chi connectivity index (χ0n) is 17.2. The molecule has 2 heteroatoms. The molecule has 2 nitrogen and oxygen atoms in total. The van der Waals surface area contributed by atoms with Gasteiger partial charge in [-0.1, -0.05) is 42.3 Å². The molecule has 25 heavy (non-hydrogen) atoms. The number of hydrogen-bond donors (Lipinski definition) is 0. The van der Waals surface area contributed by atoms with Crippen molar-refractivity contribution in [3.63, 3.8) is 0 Å². The van der Waals surface area contributed by atoms with Crippen LogP contribution in [0.5, 0.6) is 0 Å². The van der Waals surface area contributed by atoms with E-state index in [0.717, 1.165) is 13.0 Å². The smallest absolute Gasteiger partial charge is 0.236 e. The summed E-state index contributed by atoms with van der Waals surface area (Å²) >= 11 is 0. The largest absolute Gasteiger partial charge is 0.244 e. The quantitative estimate of drug-likeness (QED) is 0.382. The molecule has 0 saturated carbocycles. The second kappa shape index (κ2) is 7.86. The van der Waals surface area contributed by atoms with Crippen LogP contribution in [0.3, 0.4) is 0 Å². The number of anilines is 1. The van der Waals surface area contributed by atoms with Crippen molar-refractivity contribution in [2.45, 2.75) is 54.9 Å². The first kappa shape index (κ1) is 19.2. The van der Waals surface area contributed by atoms with E-state index in [9.17, 15) is 0 Å². The van der Waals surface area contributed by atoms with Crippen LogP contribution in [-0.2, 0) is 0 Å². The molecule has 0 radical (unpaired) electrons. The normalized spacial score (nSPS) is 11.8. The first-order chi connectivity index (χ1) is 11.7. The van der Waals surface area contributed by atoms with Gasteiger partial charge in [0.05, 0.1) is 13.6 Å². The van der Waals surface area contributed by atoms with Crippen LogP contribution in [0.2, 0.25) is 0 Å². The number of rotatable bonds is 5. The van der Waals surface area contributed by atoms with E-state index in [1.54, 1.807) is 0 Å². The maximum Gasteiger partial charge on any atom is 0.244 e. The Bertz CT molecular complexity index is 754. The van der Waals surface area contributed by atoms with Crippen LogP contribution in [0.4, 0.5) is 11.4 Å². The Hall–Kier alpha value is -2.09. The Kier molecular flexibility index (Phi) is 6.05. The Morgan fingerprint density at radius 3 is 1.68 bits per heavy atom. The monoisotopic (exact) mass is 337 g/mol. The summed E-state index contributed by atoms with van der Waals surface area (Å²) in [5, 5.41) is 0. The molecule has 0 fully saturated rings. The van der Waals surface area contributed by atoms with Crippen molar-refractivity contribution in [1.82, 2.24) is 0 Å². The molecule has 0 aliphatic rings. The fourth-order valence-electron chi connectivity index (χ4n) is 4.09. The van der Waals surface area contributed by atoms with Gasteiger partial charge in [0, 0.05) is 0 Å². The topological polar surface area (TPSA) is 6.25 Å². The third-order valence-electron chi connectivity index (χ3n) is 4.69. The highest BCUT2D eigenvalue weighted by atomic mass is 15.2. The van der Waals surface area contributed by atoms with Crippen LogP contribution in [0.15, 0.2) is 24.3 Å². The van der Waals surface area contributed by atoms with Crippen LogP contribution in [0.25, 0.3) is 0 Å². The fraction of sp³-hybridized carbons (Fsp3) is 0.435. The lowest BCUT2D eigenvalue weighted by atomic mass is 10.0. The SMILES string of the molecule is CCCN(C=[N+](C)c1c(C)cc(C)cc1C)c1c(C)cc(C)cc1C. The van der Waals surface area contributed by atoms with Crippen molar-refractivity contribution >= 4 is 17.7 Å². The van der Waals surface area contributed by atoms with Crippen LogP contribution in [0, 0.1) is 41.5 Å². The van der Waals surface area contributed by atoms with Crippen molar-refractivity contribution in [2.24, 2.45) is 0 Å². The van der Waals surface area contributed by atoms with E-state index in [1.807, 2.05) is 0 Å². The van der Waals surface area contributed by atoms with Gasteiger partial charge in [0.25, 0.3) is 0 Å². The summed E-state index contributed by atoms with van der Waals surface area (Å²) in [6.07, 6.45) is 3.38. The second-order valence-corrected chi connectivity index (χ2v) is 7.41. The second-order valence-electron chi connectivity index (χ2n) is 7.41. The molecule has 0 bridgehead atoms. The summed E-state index contributed by atoms with van der Waals surface area (Å²) < 4.78 is 2.28. The average Bonchev–Trinajstić information content (AvgIpc) is 2.44. The summed E-state index contributed by atoms with van der Waals surface area (Å²) in [7, 11) is 2.16. The van der Waals surface area contributed by atoms with Gasteiger partial charge in [-0.15, -0.1) is 0 Å². The molecule has 2 aromatic rings. The molecule has 0 heterocycles.